The molecule has 0 aliphatic rings. The molecule has 0 atom stereocenters. The Morgan fingerprint density at radius 3 is 0.818 bits per heavy atom. The molecule has 0 saturated carbocycles. The average Bonchev–Trinajstić information content (AvgIpc) is 2.54. The van der Waals surface area contributed by atoms with Gasteiger partial charge < -0.3 is 9.47 Å². The van der Waals surface area contributed by atoms with Crippen LogP contribution in [0, 0.1) is 0 Å². The molecular formula is C20H44O2. The van der Waals surface area contributed by atoms with Crippen molar-refractivity contribution in [2.75, 3.05) is 27.4 Å². The summed E-state index contributed by atoms with van der Waals surface area (Å²) in [5.41, 5.74) is 0. The lowest BCUT2D eigenvalue weighted by Gasteiger charge is -2.02. The fourth-order valence-corrected chi connectivity index (χ4v) is 2.43. The van der Waals surface area contributed by atoms with Crippen molar-refractivity contribution in [2.45, 2.75) is 104 Å². The van der Waals surface area contributed by atoms with Crippen molar-refractivity contribution in [3.8, 4) is 0 Å². The van der Waals surface area contributed by atoms with E-state index < -0.39 is 0 Å². The first kappa shape index (κ1) is 24.2. The van der Waals surface area contributed by atoms with E-state index in [4.69, 9.17) is 0 Å². The Morgan fingerprint density at radius 1 is 0.409 bits per heavy atom. The molecule has 2 nitrogen and oxygen atoms in total. The molecule has 0 aromatic carbocycles. The van der Waals surface area contributed by atoms with Crippen molar-refractivity contribution in [2.24, 2.45) is 0 Å². The molecule has 0 radical (unpaired) electrons. The SMILES string of the molecule is CCCCCCCCCCCCCCCC.COCCOC. The van der Waals surface area contributed by atoms with E-state index in [2.05, 4.69) is 23.3 Å². The minimum absolute atomic E-state index is 0.691. The second-order valence-corrected chi connectivity index (χ2v) is 6.23. The third-order valence-corrected chi connectivity index (χ3v) is 3.95. The highest BCUT2D eigenvalue weighted by Crippen LogP contribution is 2.12. The number of methoxy groups -OCH3 is 2. The van der Waals surface area contributed by atoms with Crippen LogP contribution in [-0.4, -0.2) is 27.4 Å². The van der Waals surface area contributed by atoms with Crippen LogP contribution in [0.1, 0.15) is 104 Å². The van der Waals surface area contributed by atoms with Crippen LogP contribution < -0.4 is 0 Å². The van der Waals surface area contributed by atoms with Crippen LogP contribution in [0.25, 0.3) is 0 Å². The van der Waals surface area contributed by atoms with E-state index in [9.17, 15) is 0 Å². The summed E-state index contributed by atoms with van der Waals surface area (Å²) in [6, 6.07) is 0. The third kappa shape index (κ3) is 28.1. The molecule has 0 aromatic heterocycles. The molecule has 22 heavy (non-hydrogen) atoms. The minimum Gasteiger partial charge on any atom is -0.382 e. The van der Waals surface area contributed by atoms with E-state index in [0.29, 0.717) is 13.2 Å². The molecule has 0 heterocycles. The minimum atomic E-state index is 0.691. The molecule has 0 aliphatic heterocycles. The van der Waals surface area contributed by atoms with Crippen LogP contribution >= 0.6 is 0 Å². The highest BCUT2D eigenvalue weighted by Gasteiger charge is 1.92. The maximum absolute atomic E-state index is 4.66. The Labute approximate surface area is 141 Å². The van der Waals surface area contributed by atoms with Gasteiger partial charge in [0.2, 0.25) is 0 Å². The van der Waals surface area contributed by atoms with Gasteiger partial charge in [-0.15, -0.1) is 0 Å². The van der Waals surface area contributed by atoms with Crippen LogP contribution in [0.5, 0.6) is 0 Å². The lowest BCUT2D eigenvalue weighted by Crippen LogP contribution is -1.96. The molecular weight excluding hydrogens is 272 g/mol. The van der Waals surface area contributed by atoms with E-state index in [-0.39, 0.29) is 0 Å². The fourth-order valence-electron chi connectivity index (χ4n) is 2.43. The number of hydrogen-bond donors (Lipinski definition) is 0. The lowest BCUT2D eigenvalue weighted by molar-refractivity contribution is 0.103. The van der Waals surface area contributed by atoms with Crippen LogP contribution in [0.3, 0.4) is 0 Å². The summed E-state index contributed by atoms with van der Waals surface area (Å²) in [5.74, 6) is 0. The standard InChI is InChI=1S/C16H34.C4H10O2/c1-3-5-7-9-11-13-15-16-14-12-10-8-6-4-2;1-5-3-4-6-2/h3-16H2,1-2H3;3-4H2,1-2H3. The topological polar surface area (TPSA) is 18.5 Å². The Morgan fingerprint density at radius 2 is 0.636 bits per heavy atom. The average molecular weight is 317 g/mol. The first-order chi connectivity index (χ1) is 10.8. The summed E-state index contributed by atoms with van der Waals surface area (Å²) in [6.45, 7) is 5.96. The van der Waals surface area contributed by atoms with E-state index in [1.165, 1.54) is 89.9 Å². The first-order valence-electron chi connectivity index (χ1n) is 9.81. The predicted molar refractivity (Wildman–Crippen MR) is 99.7 cm³/mol. The number of rotatable bonds is 16. The first-order valence-corrected chi connectivity index (χ1v) is 9.81. The number of unbranched alkanes of at least 4 members (excludes halogenated alkanes) is 13. The van der Waals surface area contributed by atoms with Crippen molar-refractivity contribution in [3.63, 3.8) is 0 Å². The number of hydrogen-bond acceptors (Lipinski definition) is 2. The van der Waals surface area contributed by atoms with Gasteiger partial charge in [-0.05, 0) is 0 Å². The zero-order valence-electron chi connectivity index (χ0n) is 16.1. The van der Waals surface area contributed by atoms with Gasteiger partial charge in [-0.2, -0.15) is 0 Å². The third-order valence-electron chi connectivity index (χ3n) is 3.95. The van der Waals surface area contributed by atoms with E-state index in [0.717, 1.165) is 0 Å². The van der Waals surface area contributed by atoms with Gasteiger partial charge in [0, 0.05) is 14.2 Å². The van der Waals surface area contributed by atoms with E-state index in [1.54, 1.807) is 14.2 Å². The summed E-state index contributed by atoms with van der Waals surface area (Å²) in [5, 5.41) is 0. The molecule has 0 aromatic rings. The largest absolute Gasteiger partial charge is 0.382 e. The van der Waals surface area contributed by atoms with Gasteiger partial charge in [-0.25, -0.2) is 0 Å². The molecule has 0 spiro atoms. The van der Waals surface area contributed by atoms with Crippen LogP contribution in [0.4, 0.5) is 0 Å². The quantitative estimate of drug-likeness (QED) is 0.293. The van der Waals surface area contributed by atoms with Crippen molar-refractivity contribution in [3.05, 3.63) is 0 Å². The molecule has 0 N–H and O–H groups in total. The monoisotopic (exact) mass is 316 g/mol. The van der Waals surface area contributed by atoms with Gasteiger partial charge in [0.15, 0.2) is 0 Å². The number of ether oxygens (including phenoxy) is 2. The van der Waals surface area contributed by atoms with Crippen molar-refractivity contribution in [1.29, 1.82) is 0 Å². The molecule has 136 valence electrons. The molecule has 0 fully saturated rings. The van der Waals surface area contributed by atoms with Crippen LogP contribution in [0.2, 0.25) is 0 Å². The predicted octanol–water partition coefficient (Wildman–Crippen LogP) is 6.77. The van der Waals surface area contributed by atoms with Gasteiger partial charge in [0.25, 0.3) is 0 Å². The van der Waals surface area contributed by atoms with Crippen LogP contribution in [-0.2, 0) is 9.47 Å². The van der Waals surface area contributed by atoms with Gasteiger partial charge in [-0.1, -0.05) is 104 Å². The highest BCUT2D eigenvalue weighted by molar-refractivity contribution is 4.48. The van der Waals surface area contributed by atoms with E-state index >= 15 is 0 Å². The van der Waals surface area contributed by atoms with Crippen LogP contribution in [0.15, 0.2) is 0 Å². The highest BCUT2D eigenvalue weighted by atomic mass is 16.5. The molecule has 0 unspecified atom stereocenters. The smallest absolute Gasteiger partial charge is 0.0696 e. The van der Waals surface area contributed by atoms with Crippen molar-refractivity contribution >= 4 is 0 Å². The zero-order valence-corrected chi connectivity index (χ0v) is 16.1. The second kappa shape index (κ2) is 25.9. The summed E-state index contributed by atoms with van der Waals surface area (Å²) in [4.78, 5) is 0. The van der Waals surface area contributed by atoms with Gasteiger partial charge in [0.1, 0.15) is 0 Å². The van der Waals surface area contributed by atoms with Gasteiger partial charge >= 0.3 is 0 Å². The molecule has 0 saturated heterocycles. The molecule has 0 rings (SSSR count). The maximum Gasteiger partial charge on any atom is 0.0696 e. The fraction of sp³-hybridized carbons (Fsp3) is 1.00. The Hall–Kier alpha value is -0.0800. The van der Waals surface area contributed by atoms with Gasteiger partial charge in [0.05, 0.1) is 13.2 Å². The lowest BCUT2D eigenvalue weighted by atomic mass is 10.0. The Kier molecular flexibility index (Phi) is 28.4. The zero-order chi connectivity index (χ0) is 16.7. The molecule has 0 amide bonds. The maximum atomic E-state index is 4.66. The normalized spacial score (nSPS) is 10.4. The summed E-state index contributed by atoms with van der Waals surface area (Å²) in [6.07, 6.45) is 20.4. The molecule has 0 aliphatic carbocycles. The van der Waals surface area contributed by atoms with Gasteiger partial charge in [-0.3, -0.25) is 0 Å². The summed E-state index contributed by atoms with van der Waals surface area (Å²) in [7, 11) is 3.30. The molecule has 0 bridgehead atoms. The summed E-state index contributed by atoms with van der Waals surface area (Å²) < 4.78 is 9.31. The Balaban J connectivity index is 0. The van der Waals surface area contributed by atoms with Crippen molar-refractivity contribution in [1.82, 2.24) is 0 Å². The second-order valence-electron chi connectivity index (χ2n) is 6.23. The van der Waals surface area contributed by atoms with Crippen molar-refractivity contribution < 1.29 is 9.47 Å². The summed E-state index contributed by atoms with van der Waals surface area (Å²) >= 11 is 0. The Bertz CT molecular complexity index is 142. The molecule has 2 heteroatoms. The van der Waals surface area contributed by atoms with E-state index in [1.807, 2.05) is 0 Å².